The van der Waals surface area contributed by atoms with Crippen LogP contribution in [-0.2, 0) is 10.2 Å². The van der Waals surface area contributed by atoms with E-state index in [0.29, 0.717) is 6.07 Å². The van der Waals surface area contributed by atoms with Gasteiger partial charge in [-0.15, -0.1) is 0 Å². The van der Waals surface area contributed by atoms with Gasteiger partial charge in [0.2, 0.25) is 5.82 Å². The van der Waals surface area contributed by atoms with Crippen molar-refractivity contribution in [2.24, 2.45) is 0 Å². The van der Waals surface area contributed by atoms with Crippen molar-refractivity contribution in [3.63, 3.8) is 0 Å². The van der Waals surface area contributed by atoms with Crippen LogP contribution in [0.4, 0.5) is 14.5 Å². The second kappa shape index (κ2) is 3.47. The molecule has 90 valence electrons. The molecule has 0 radical (unpaired) electrons. The number of aliphatic carboxylic acids is 1. The predicted octanol–water partition coefficient (Wildman–Crippen LogP) is 1.99. The molecule has 0 amide bonds. The van der Waals surface area contributed by atoms with Gasteiger partial charge in [0, 0.05) is 6.07 Å². The van der Waals surface area contributed by atoms with Gasteiger partial charge < -0.3 is 5.11 Å². The summed E-state index contributed by atoms with van der Waals surface area (Å²) in [5.41, 5.74) is -2.39. The highest BCUT2D eigenvalue weighted by Gasteiger charge is 2.52. The van der Waals surface area contributed by atoms with Gasteiger partial charge in [0.15, 0.2) is 5.82 Å². The first kappa shape index (κ1) is 11.4. The number of hydrogen-bond donors (Lipinski definition) is 1. The van der Waals surface area contributed by atoms with Crippen molar-refractivity contribution >= 4 is 11.7 Å². The molecule has 0 atom stereocenters. The number of rotatable bonds is 3. The zero-order chi connectivity index (χ0) is 12.8. The first-order valence-electron chi connectivity index (χ1n) is 4.76. The summed E-state index contributed by atoms with van der Waals surface area (Å²) in [6, 6.07) is 1.50. The van der Waals surface area contributed by atoms with Crippen LogP contribution in [0.15, 0.2) is 12.1 Å². The minimum Gasteiger partial charge on any atom is -0.481 e. The molecule has 7 heteroatoms. The maximum atomic E-state index is 13.1. The smallest absolute Gasteiger partial charge is 0.314 e. The maximum Gasteiger partial charge on any atom is 0.314 e. The number of hydrogen-bond acceptors (Lipinski definition) is 3. The molecule has 17 heavy (non-hydrogen) atoms. The van der Waals surface area contributed by atoms with Crippen LogP contribution in [0.5, 0.6) is 0 Å². The van der Waals surface area contributed by atoms with Gasteiger partial charge in [-0.3, -0.25) is 14.9 Å². The summed E-state index contributed by atoms with van der Waals surface area (Å²) in [6.45, 7) is 0. The van der Waals surface area contributed by atoms with Crippen molar-refractivity contribution in [1.29, 1.82) is 0 Å². The van der Waals surface area contributed by atoms with Crippen LogP contribution in [-0.4, -0.2) is 16.0 Å². The summed E-state index contributed by atoms with van der Waals surface area (Å²) in [7, 11) is 0. The number of nitro groups is 1. The van der Waals surface area contributed by atoms with Gasteiger partial charge in [0.05, 0.1) is 10.3 Å². The van der Waals surface area contributed by atoms with Crippen LogP contribution < -0.4 is 0 Å². The lowest BCUT2D eigenvalue weighted by Crippen LogP contribution is -2.20. The van der Waals surface area contributed by atoms with E-state index in [1.54, 1.807) is 0 Å². The van der Waals surface area contributed by atoms with Gasteiger partial charge in [-0.1, -0.05) is 0 Å². The Morgan fingerprint density at radius 1 is 1.41 bits per heavy atom. The third-order valence-corrected chi connectivity index (χ3v) is 2.92. The maximum absolute atomic E-state index is 13.1. The summed E-state index contributed by atoms with van der Waals surface area (Å²) in [4.78, 5) is 20.4. The molecule has 0 unspecified atom stereocenters. The molecule has 1 N–H and O–H groups in total. The topological polar surface area (TPSA) is 80.4 Å². The zero-order valence-electron chi connectivity index (χ0n) is 8.44. The summed E-state index contributed by atoms with van der Waals surface area (Å²) in [5.74, 6) is -4.15. The Balaban J connectivity index is 2.58. The normalized spacial score (nSPS) is 16.6. The van der Waals surface area contributed by atoms with Crippen LogP contribution in [0.1, 0.15) is 18.4 Å². The van der Waals surface area contributed by atoms with Gasteiger partial charge in [-0.05, 0) is 24.5 Å². The van der Waals surface area contributed by atoms with Crippen LogP contribution >= 0.6 is 0 Å². The molecule has 5 nitrogen and oxygen atoms in total. The number of carbonyl (C=O) groups is 1. The standard InChI is InChI=1S/C10H7F2NO4/c11-6-3-5(10(1-2-10)9(14)15)4-7(8(6)12)13(16)17/h3-4H,1-2H2,(H,14,15). The Kier molecular flexibility index (Phi) is 2.34. The summed E-state index contributed by atoms with van der Waals surface area (Å²) < 4.78 is 26.2. The molecule has 0 aromatic heterocycles. The molecule has 1 aromatic rings. The summed E-state index contributed by atoms with van der Waals surface area (Å²) in [6.07, 6.45) is 0.537. The van der Waals surface area contributed by atoms with E-state index < -0.39 is 33.6 Å². The van der Waals surface area contributed by atoms with E-state index in [0.717, 1.165) is 6.07 Å². The second-order valence-electron chi connectivity index (χ2n) is 3.94. The van der Waals surface area contributed by atoms with Crippen molar-refractivity contribution in [3.8, 4) is 0 Å². The molecule has 0 spiro atoms. The van der Waals surface area contributed by atoms with Gasteiger partial charge in [0.25, 0.3) is 0 Å². The highest BCUT2D eigenvalue weighted by molar-refractivity contribution is 5.85. The van der Waals surface area contributed by atoms with Crippen LogP contribution in [0.25, 0.3) is 0 Å². The van der Waals surface area contributed by atoms with E-state index in [2.05, 4.69) is 0 Å². The lowest BCUT2D eigenvalue weighted by Gasteiger charge is -2.10. The van der Waals surface area contributed by atoms with Crippen LogP contribution in [0, 0.1) is 21.7 Å². The predicted molar refractivity (Wildman–Crippen MR) is 51.6 cm³/mol. The average molecular weight is 243 g/mol. The SMILES string of the molecule is O=C(O)C1(c2cc(F)c(F)c([N+](=O)[O-])c2)CC1. The van der Waals surface area contributed by atoms with E-state index in [-0.39, 0.29) is 18.4 Å². The molecule has 0 aliphatic heterocycles. The Labute approximate surface area is 93.8 Å². The molecule has 1 aliphatic carbocycles. The molecule has 1 fully saturated rings. The Morgan fingerprint density at radius 2 is 2.00 bits per heavy atom. The van der Waals surface area contributed by atoms with Crippen molar-refractivity contribution < 1.29 is 23.6 Å². The van der Waals surface area contributed by atoms with E-state index in [1.165, 1.54) is 0 Å². The number of nitrogens with zero attached hydrogens (tertiary/aromatic N) is 1. The molecule has 2 rings (SSSR count). The van der Waals surface area contributed by atoms with Gasteiger partial charge in [-0.2, -0.15) is 4.39 Å². The van der Waals surface area contributed by atoms with Crippen LogP contribution in [0.3, 0.4) is 0 Å². The quantitative estimate of drug-likeness (QED) is 0.650. The summed E-state index contributed by atoms with van der Waals surface area (Å²) >= 11 is 0. The first-order chi connectivity index (χ1) is 7.88. The molecule has 1 aromatic carbocycles. The second-order valence-corrected chi connectivity index (χ2v) is 3.94. The Hall–Kier alpha value is -2.05. The molecule has 0 heterocycles. The summed E-state index contributed by atoms with van der Waals surface area (Å²) in [5, 5.41) is 19.5. The highest BCUT2D eigenvalue weighted by atomic mass is 19.2. The third kappa shape index (κ3) is 1.63. The number of carboxylic acid groups (broad SMARTS) is 1. The highest BCUT2D eigenvalue weighted by Crippen LogP contribution is 2.49. The number of benzene rings is 1. The molecule has 0 bridgehead atoms. The van der Waals surface area contributed by atoms with Crippen molar-refractivity contribution in [2.75, 3.05) is 0 Å². The molecule has 1 aliphatic rings. The van der Waals surface area contributed by atoms with Gasteiger partial charge >= 0.3 is 11.7 Å². The van der Waals surface area contributed by atoms with Crippen molar-refractivity contribution in [2.45, 2.75) is 18.3 Å². The van der Waals surface area contributed by atoms with Gasteiger partial charge in [-0.25, -0.2) is 4.39 Å². The Bertz CT molecular complexity index is 525. The van der Waals surface area contributed by atoms with E-state index in [4.69, 9.17) is 5.11 Å². The lowest BCUT2D eigenvalue weighted by molar-refractivity contribution is -0.387. The lowest BCUT2D eigenvalue weighted by atomic mass is 9.95. The minimum atomic E-state index is -1.57. The average Bonchev–Trinajstić information content (AvgIpc) is 3.02. The molecule has 0 saturated heterocycles. The fourth-order valence-corrected chi connectivity index (χ4v) is 1.73. The van der Waals surface area contributed by atoms with E-state index >= 15 is 0 Å². The number of carboxylic acids is 1. The third-order valence-electron chi connectivity index (χ3n) is 2.92. The number of nitro benzene ring substituents is 1. The van der Waals surface area contributed by atoms with E-state index in [9.17, 15) is 23.7 Å². The first-order valence-corrected chi connectivity index (χ1v) is 4.76. The van der Waals surface area contributed by atoms with Crippen molar-refractivity contribution in [3.05, 3.63) is 39.4 Å². The molecular weight excluding hydrogens is 236 g/mol. The fraction of sp³-hybridized carbons (Fsp3) is 0.300. The molecular formula is C10H7F2NO4. The Morgan fingerprint density at radius 3 is 2.41 bits per heavy atom. The zero-order valence-corrected chi connectivity index (χ0v) is 8.44. The largest absolute Gasteiger partial charge is 0.481 e. The number of halogens is 2. The van der Waals surface area contributed by atoms with Crippen LogP contribution in [0.2, 0.25) is 0 Å². The minimum absolute atomic E-state index is 0.0596. The molecule has 1 saturated carbocycles. The van der Waals surface area contributed by atoms with Crippen molar-refractivity contribution in [1.82, 2.24) is 0 Å². The monoisotopic (exact) mass is 243 g/mol. The van der Waals surface area contributed by atoms with E-state index in [1.807, 2.05) is 0 Å². The fourth-order valence-electron chi connectivity index (χ4n) is 1.73. The van der Waals surface area contributed by atoms with Gasteiger partial charge in [0.1, 0.15) is 0 Å².